The van der Waals surface area contributed by atoms with Crippen molar-refractivity contribution in [2.24, 2.45) is 0 Å². The van der Waals surface area contributed by atoms with E-state index in [9.17, 15) is 4.79 Å². The number of nitrogens with one attached hydrogen (secondary N) is 1. The molecule has 5 nitrogen and oxygen atoms in total. The first-order valence-corrected chi connectivity index (χ1v) is 5.05. The zero-order valence-corrected chi connectivity index (χ0v) is 9.27. The van der Waals surface area contributed by atoms with Gasteiger partial charge in [-0.05, 0) is 24.6 Å². The quantitative estimate of drug-likeness (QED) is 0.687. The molecular formula is C12H11N3O2. The minimum Gasteiger partial charge on any atom is -0.384 e. The Labute approximate surface area is 97.7 Å². The fourth-order valence-electron chi connectivity index (χ4n) is 1.51. The number of H-pyrrole nitrogens is 1. The molecule has 0 radical (unpaired) electrons. The topological polar surface area (TPSA) is 70.9 Å². The standard InChI is InChI=1S/C12H11N3O2/c1-9-4-5-10(3-2-6-16)7-11(9)15-8-13-14-12(15)17/h4-5,7-8,16H,6H2,1H3,(H,14,17). The number of aryl methyl sites for hydroxylation is 1. The molecule has 0 atom stereocenters. The van der Waals surface area contributed by atoms with Crippen LogP contribution in [-0.4, -0.2) is 26.5 Å². The van der Waals surface area contributed by atoms with Gasteiger partial charge in [0.15, 0.2) is 0 Å². The Kier molecular flexibility index (Phi) is 3.08. The number of hydrogen-bond acceptors (Lipinski definition) is 3. The molecule has 0 aliphatic carbocycles. The fraction of sp³-hybridized carbons (Fsp3) is 0.167. The Morgan fingerprint density at radius 3 is 3.00 bits per heavy atom. The van der Waals surface area contributed by atoms with Crippen LogP contribution >= 0.6 is 0 Å². The Morgan fingerprint density at radius 1 is 1.53 bits per heavy atom. The van der Waals surface area contributed by atoms with Crippen LogP contribution in [-0.2, 0) is 0 Å². The molecule has 0 saturated heterocycles. The second-order valence-corrected chi connectivity index (χ2v) is 3.49. The Hall–Kier alpha value is -2.32. The molecule has 1 aromatic heterocycles. The molecular weight excluding hydrogens is 218 g/mol. The van der Waals surface area contributed by atoms with Crippen LogP contribution in [0.1, 0.15) is 11.1 Å². The van der Waals surface area contributed by atoms with Gasteiger partial charge >= 0.3 is 5.69 Å². The summed E-state index contributed by atoms with van der Waals surface area (Å²) in [6.45, 7) is 1.72. The van der Waals surface area contributed by atoms with E-state index in [1.54, 1.807) is 6.07 Å². The van der Waals surface area contributed by atoms with Gasteiger partial charge in [-0.25, -0.2) is 14.5 Å². The van der Waals surface area contributed by atoms with Crippen LogP contribution in [0.25, 0.3) is 5.69 Å². The van der Waals surface area contributed by atoms with Crippen molar-refractivity contribution in [2.45, 2.75) is 6.92 Å². The summed E-state index contributed by atoms with van der Waals surface area (Å²) in [6.07, 6.45) is 1.42. The number of rotatable bonds is 1. The third kappa shape index (κ3) is 2.27. The molecule has 0 spiro atoms. The van der Waals surface area contributed by atoms with Crippen LogP contribution in [0.5, 0.6) is 0 Å². The number of aliphatic hydroxyl groups excluding tert-OH is 1. The molecule has 0 fully saturated rings. The van der Waals surface area contributed by atoms with Gasteiger partial charge in [0.2, 0.25) is 0 Å². The molecule has 5 heteroatoms. The second kappa shape index (κ2) is 4.68. The zero-order valence-electron chi connectivity index (χ0n) is 9.27. The molecule has 2 rings (SSSR count). The summed E-state index contributed by atoms with van der Waals surface area (Å²) >= 11 is 0. The summed E-state index contributed by atoms with van der Waals surface area (Å²) in [5, 5.41) is 14.7. The van der Waals surface area contributed by atoms with E-state index >= 15 is 0 Å². The maximum atomic E-state index is 11.5. The van der Waals surface area contributed by atoms with Crippen molar-refractivity contribution in [3.63, 3.8) is 0 Å². The van der Waals surface area contributed by atoms with E-state index in [0.29, 0.717) is 0 Å². The summed E-state index contributed by atoms with van der Waals surface area (Å²) in [7, 11) is 0. The van der Waals surface area contributed by atoms with Crippen molar-refractivity contribution in [1.82, 2.24) is 14.8 Å². The van der Waals surface area contributed by atoms with Crippen LogP contribution < -0.4 is 5.69 Å². The summed E-state index contributed by atoms with van der Waals surface area (Å²) in [6, 6.07) is 5.50. The van der Waals surface area contributed by atoms with E-state index in [-0.39, 0.29) is 12.3 Å². The van der Waals surface area contributed by atoms with Gasteiger partial charge in [-0.3, -0.25) is 0 Å². The number of benzene rings is 1. The number of aliphatic hydroxyl groups is 1. The van der Waals surface area contributed by atoms with Gasteiger partial charge in [-0.1, -0.05) is 17.9 Å². The van der Waals surface area contributed by atoms with Crippen molar-refractivity contribution < 1.29 is 5.11 Å². The van der Waals surface area contributed by atoms with Gasteiger partial charge in [-0.2, -0.15) is 5.10 Å². The lowest BCUT2D eigenvalue weighted by Gasteiger charge is -2.05. The SMILES string of the molecule is Cc1ccc(C#CCO)cc1-n1cn[nH]c1=O. The monoisotopic (exact) mass is 229 g/mol. The predicted molar refractivity (Wildman–Crippen MR) is 62.9 cm³/mol. The van der Waals surface area contributed by atoms with Gasteiger partial charge in [0.25, 0.3) is 0 Å². The van der Waals surface area contributed by atoms with Crippen molar-refractivity contribution in [2.75, 3.05) is 6.61 Å². The fourth-order valence-corrected chi connectivity index (χ4v) is 1.51. The number of hydrogen-bond donors (Lipinski definition) is 2. The molecule has 0 saturated carbocycles. The smallest absolute Gasteiger partial charge is 0.347 e. The predicted octanol–water partition coefficient (Wildman–Crippen LogP) is 0.213. The average molecular weight is 229 g/mol. The number of aromatic nitrogens is 3. The van der Waals surface area contributed by atoms with Gasteiger partial charge in [-0.15, -0.1) is 0 Å². The lowest BCUT2D eigenvalue weighted by atomic mass is 10.1. The highest BCUT2D eigenvalue weighted by Gasteiger charge is 2.04. The molecule has 0 unspecified atom stereocenters. The Bertz CT molecular complexity index is 644. The van der Waals surface area contributed by atoms with E-state index in [2.05, 4.69) is 22.0 Å². The maximum absolute atomic E-state index is 11.5. The minimum atomic E-state index is -0.291. The highest BCUT2D eigenvalue weighted by atomic mass is 16.2. The van der Waals surface area contributed by atoms with E-state index in [1.807, 2.05) is 19.1 Å². The molecule has 17 heavy (non-hydrogen) atoms. The summed E-state index contributed by atoms with van der Waals surface area (Å²) in [5.41, 5.74) is 2.13. The first-order chi connectivity index (χ1) is 8.22. The third-order valence-corrected chi connectivity index (χ3v) is 2.33. The Morgan fingerprint density at radius 2 is 2.35 bits per heavy atom. The molecule has 86 valence electrons. The maximum Gasteiger partial charge on any atom is 0.347 e. The zero-order chi connectivity index (χ0) is 12.3. The highest BCUT2D eigenvalue weighted by Crippen LogP contribution is 2.13. The van der Waals surface area contributed by atoms with Gasteiger partial charge in [0, 0.05) is 5.56 Å². The first-order valence-electron chi connectivity index (χ1n) is 5.05. The van der Waals surface area contributed by atoms with Crippen LogP contribution in [0.2, 0.25) is 0 Å². The van der Waals surface area contributed by atoms with Crippen LogP contribution in [0, 0.1) is 18.8 Å². The lowest BCUT2D eigenvalue weighted by Crippen LogP contribution is -2.15. The van der Waals surface area contributed by atoms with Crippen molar-refractivity contribution in [1.29, 1.82) is 0 Å². The van der Waals surface area contributed by atoms with E-state index in [0.717, 1.165) is 16.8 Å². The largest absolute Gasteiger partial charge is 0.384 e. The summed E-state index contributed by atoms with van der Waals surface area (Å²) < 4.78 is 1.42. The Balaban J connectivity index is 2.54. The normalized spacial score (nSPS) is 9.76. The average Bonchev–Trinajstić information content (AvgIpc) is 2.74. The second-order valence-electron chi connectivity index (χ2n) is 3.49. The van der Waals surface area contributed by atoms with Gasteiger partial charge in [0.05, 0.1) is 5.69 Å². The third-order valence-electron chi connectivity index (χ3n) is 2.33. The van der Waals surface area contributed by atoms with E-state index < -0.39 is 0 Å². The van der Waals surface area contributed by atoms with Crippen molar-refractivity contribution >= 4 is 0 Å². The number of nitrogens with zero attached hydrogens (tertiary/aromatic N) is 2. The van der Waals surface area contributed by atoms with Crippen molar-refractivity contribution in [3.8, 4) is 17.5 Å². The highest BCUT2D eigenvalue weighted by molar-refractivity contribution is 5.48. The molecule has 2 N–H and O–H groups in total. The van der Waals surface area contributed by atoms with Crippen LogP contribution in [0.3, 0.4) is 0 Å². The number of aromatic amines is 1. The molecule has 0 amide bonds. The van der Waals surface area contributed by atoms with Gasteiger partial charge < -0.3 is 5.11 Å². The van der Waals surface area contributed by atoms with Gasteiger partial charge in [0.1, 0.15) is 12.9 Å². The van der Waals surface area contributed by atoms with E-state index in [4.69, 9.17) is 5.11 Å². The minimum absolute atomic E-state index is 0.186. The molecule has 1 heterocycles. The summed E-state index contributed by atoms with van der Waals surface area (Å²) in [5.74, 6) is 5.36. The summed E-state index contributed by atoms with van der Waals surface area (Å²) in [4.78, 5) is 11.5. The first kappa shape index (κ1) is 11.2. The van der Waals surface area contributed by atoms with Crippen LogP contribution in [0.4, 0.5) is 0 Å². The van der Waals surface area contributed by atoms with E-state index in [1.165, 1.54) is 10.9 Å². The molecule has 1 aromatic carbocycles. The lowest BCUT2D eigenvalue weighted by molar-refractivity contribution is 0.350. The molecule has 0 aliphatic heterocycles. The molecule has 0 bridgehead atoms. The molecule has 0 aliphatic rings. The van der Waals surface area contributed by atoms with Crippen LogP contribution in [0.15, 0.2) is 29.3 Å². The molecule has 2 aromatic rings. The van der Waals surface area contributed by atoms with Crippen molar-refractivity contribution in [3.05, 3.63) is 46.1 Å².